The van der Waals surface area contributed by atoms with Crippen molar-refractivity contribution in [2.24, 2.45) is 0 Å². The molecule has 2 rings (SSSR count). The molecule has 23 heavy (non-hydrogen) atoms. The molecule has 1 unspecified atom stereocenters. The Hall–Kier alpha value is -2.05. The lowest BCUT2D eigenvalue weighted by Gasteiger charge is -2.12. The molecule has 0 bridgehead atoms. The minimum Gasteiger partial charge on any atom is -0.242 e. The highest BCUT2D eigenvalue weighted by atomic mass is 19.4. The molecule has 0 N–H and O–H groups in total. The van der Waals surface area contributed by atoms with Gasteiger partial charge in [0.1, 0.15) is 6.17 Å². The molecule has 2 aromatic carbocycles. The molecule has 0 nitrogen and oxygen atoms in total. The molecule has 0 heterocycles. The Morgan fingerprint density at radius 3 is 1.52 bits per heavy atom. The predicted octanol–water partition coefficient (Wildman–Crippen LogP) is 6.34. The minimum atomic E-state index is -4.61. The molecular weight excluding hydrogens is 325 g/mol. The first-order chi connectivity index (χ1) is 10.6. The largest absolute Gasteiger partial charge is 0.416 e. The monoisotopic (exact) mass is 336 g/mol. The fourth-order valence-electron chi connectivity index (χ4n) is 2.06. The van der Waals surface area contributed by atoms with E-state index in [9.17, 15) is 30.7 Å². The van der Waals surface area contributed by atoms with Gasteiger partial charge in [0.25, 0.3) is 0 Å². The summed E-state index contributed by atoms with van der Waals surface area (Å²) >= 11 is 0. The first-order valence-corrected chi connectivity index (χ1v) is 6.55. The Kier molecular flexibility index (Phi) is 4.68. The molecule has 1 atom stereocenters. The van der Waals surface area contributed by atoms with E-state index in [4.69, 9.17) is 0 Å². The van der Waals surface area contributed by atoms with Crippen LogP contribution in [0.4, 0.5) is 30.7 Å². The average molecular weight is 336 g/mol. The quantitative estimate of drug-likeness (QED) is 0.574. The van der Waals surface area contributed by atoms with Crippen LogP contribution in [0.15, 0.2) is 48.5 Å². The van der Waals surface area contributed by atoms with Crippen molar-refractivity contribution in [3.8, 4) is 11.1 Å². The Bertz CT molecular complexity index is 636. The number of hydrogen-bond acceptors (Lipinski definition) is 0. The van der Waals surface area contributed by atoms with Crippen molar-refractivity contribution in [3.05, 3.63) is 59.7 Å². The summed E-state index contributed by atoms with van der Waals surface area (Å²) in [6.45, 7) is 0. The van der Waals surface area contributed by atoms with Crippen LogP contribution in [0.2, 0.25) is 0 Å². The van der Waals surface area contributed by atoms with Crippen LogP contribution in [0.25, 0.3) is 11.1 Å². The van der Waals surface area contributed by atoms with Crippen molar-refractivity contribution in [2.45, 2.75) is 24.9 Å². The van der Waals surface area contributed by atoms with Crippen molar-refractivity contribution in [2.75, 3.05) is 0 Å². The van der Waals surface area contributed by atoms with Gasteiger partial charge in [-0.3, -0.25) is 0 Å². The second-order valence-electron chi connectivity index (χ2n) is 4.98. The average Bonchev–Trinajstić information content (AvgIpc) is 2.45. The van der Waals surface area contributed by atoms with Crippen LogP contribution in [0.1, 0.15) is 23.7 Å². The van der Waals surface area contributed by atoms with Crippen LogP contribution in [0.3, 0.4) is 0 Å². The van der Waals surface area contributed by atoms with Gasteiger partial charge in [-0.2, -0.15) is 26.3 Å². The highest BCUT2D eigenvalue weighted by Gasteiger charge is 2.33. The van der Waals surface area contributed by atoms with Crippen LogP contribution in [-0.4, -0.2) is 6.18 Å². The van der Waals surface area contributed by atoms with Gasteiger partial charge in [-0.15, -0.1) is 0 Å². The van der Waals surface area contributed by atoms with Crippen LogP contribution in [0.5, 0.6) is 0 Å². The van der Waals surface area contributed by atoms with Crippen LogP contribution in [0, 0.1) is 0 Å². The molecule has 0 spiro atoms. The van der Waals surface area contributed by atoms with E-state index in [1.165, 1.54) is 36.4 Å². The zero-order valence-corrected chi connectivity index (χ0v) is 11.5. The summed E-state index contributed by atoms with van der Waals surface area (Å²) in [7, 11) is 0. The van der Waals surface area contributed by atoms with Crippen molar-refractivity contribution < 1.29 is 30.7 Å². The third kappa shape index (κ3) is 4.71. The van der Waals surface area contributed by atoms with Crippen molar-refractivity contribution in [1.82, 2.24) is 0 Å². The lowest BCUT2D eigenvalue weighted by molar-refractivity contribution is -0.146. The highest BCUT2D eigenvalue weighted by Crippen LogP contribution is 2.34. The first-order valence-electron chi connectivity index (χ1n) is 6.55. The standard InChI is InChI=1S/C16H11F7/c17-14(9-15(18,19)20)12-3-1-10(2-4-12)11-5-7-13(8-6-11)16(21,22)23/h1-8,14H,9H2. The molecule has 0 saturated carbocycles. The summed E-state index contributed by atoms with van der Waals surface area (Å²) in [4.78, 5) is 0. The van der Waals surface area contributed by atoms with Gasteiger partial charge >= 0.3 is 12.4 Å². The minimum absolute atomic E-state index is 0.127. The molecule has 2 aromatic rings. The molecule has 0 fully saturated rings. The summed E-state index contributed by atoms with van der Waals surface area (Å²) < 4.78 is 87.3. The summed E-state index contributed by atoms with van der Waals surface area (Å²) in [5.74, 6) is 0. The smallest absolute Gasteiger partial charge is 0.242 e. The molecule has 0 aliphatic heterocycles. The third-order valence-corrected chi connectivity index (χ3v) is 3.23. The topological polar surface area (TPSA) is 0 Å². The lowest BCUT2D eigenvalue weighted by Crippen LogP contribution is -2.11. The van der Waals surface area contributed by atoms with Gasteiger partial charge in [-0.05, 0) is 28.8 Å². The van der Waals surface area contributed by atoms with E-state index in [1.807, 2.05) is 0 Å². The van der Waals surface area contributed by atoms with Gasteiger partial charge in [0.2, 0.25) is 0 Å². The zero-order chi connectivity index (χ0) is 17.3. The van der Waals surface area contributed by atoms with Gasteiger partial charge in [-0.1, -0.05) is 36.4 Å². The van der Waals surface area contributed by atoms with Crippen LogP contribution >= 0.6 is 0 Å². The van der Waals surface area contributed by atoms with Crippen LogP contribution < -0.4 is 0 Å². The van der Waals surface area contributed by atoms with E-state index in [2.05, 4.69) is 0 Å². The zero-order valence-electron chi connectivity index (χ0n) is 11.5. The number of halogens is 7. The van der Waals surface area contributed by atoms with E-state index in [0.717, 1.165) is 12.1 Å². The Balaban J connectivity index is 2.16. The van der Waals surface area contributed by atoms with Crippen LogP contribution in [-0.2, 0) is 6.18 Å². The molecule has 124 valence electrons. The fraction of sp³-hybridized carbons (Fsp3) is 0.250. The normalized spacial score (nSPS) is 13.9. The van der Waals surface area contributed by atoms with E-state index >= 15 is 0 Å². The van der Waals surface area contributed by atoms with Crippen molar-refractivity contribution in [1.29, 1.82) is 0 Å². The maximum absolute atomic E-state index is 13.5. The fourth-order valence-corrected chi connectivity index (χ4v) is 2.06. The molecule has 0 aromatic heterocycles. The number of rotatable bonds is 3. The molecule has 0 amide bonds. The molecular formula is C16H11F7. The molecule has 7 heteroatoms. The Morgan fingerprint density at radius 1 is 0.696 bits per heavy atom. The molecule has 0 aliphatic rings. The molecule has 0 radical (unpaired) electrons. The summed E-state index contributed by atoms with van der Waals surface area (Å²) in [5, 5.41) is 0. The number of alkyl halides is 7. The third-order valence-electron chi connectivity index (χ3n) is 3.23. The maximum Gasteiger partial charge on any atom is 0.416 e. The second-order valence-corrected chi connectivity index (χ2v) is 4.98. The van der Waals surface area contributed by atoms with Crippen molar-refractivity contribution in [3.63, 3.8) is 0 Å². The summed E-state index contributed by atoms with van der Waals surface area (Å²) in [5.41, 5.74) is 0.0160. The van der Waals surface area contributed by atoms with E-state index in [-0.39, 0.29) is 5.56 Å². The van der Waals surface area contributed by atoms with Crippen molar-refractivity contribution >= 4 is 0 Å². The predicted molar refractivity (Wildman–Crippen MR) is 71.4 cm³/mol. The number of benzene rings is 2. The summed E-state index contributed by atoms with van der Waals surface area (Å²) in [6, 6.07) is 9.46. The van der Waals surface area contributed by atoms with E-state index in [1.54, 1.807) is 0 Å². The van der Waals surface area contributed by atoms with E-state index < -0.39 is 30.5 Å². The lowest BCUT2D eigenvalue weighted by atomic mass is 10.00. The van der Waals surface area contributed by atoms with Gasteiger partial charge < -0.3 is 0 Å². The second kappa shape index (κ2) is 6.22. The molecule has 0 saturated heterocycles. The Labute approximate surface area is 127 Å². The number of hydrogen-bond donors (Lipinski definition) is 0. The van der Waals surface area contributed by atoms with Gasteiger partial charge in [-0.25, -0.2) is 4.39 Å². The summed E-state index contributed by atoms with van der Waals surface area (Å²) in [6.07, 6.45) is -12.8. The Morgan fingerprint density at radius 2 is 1.13 bits per heavy atom. The van der Waals surface area contributed by atoms with Gasteiger partial charge in [0.15, 0.2) is 0 Å². The maximum atomic E-state index is 13.5. The SMILES string of the molecule is FC(CC(F)(F)F)c1ccc(-c2ccc(C(F)(F)F)cc2)cc1. The van der Waals surface area contributed by atoms with Gasteiger partial charge in [0, 0.05) is 0 Å². The highest BCUT2D eigenvalue weighted by molar-refractivity contribution is 5.64. The first kappa shape index (κ1) is 17.3. The van der Waals surface area contributed by atoms with Gasteiger partial charge in [0.05, 0.1) is 12.0 Å². The van der Waals surface area contributed by atoms with E-state index in [0.29, 0.717) is 11.1 Å². The molecule has 0 aliphatic carbocycles.